The van der Waals surface area contributed by atoms with E-state index in [4.69, 9.17) is 14.5 Å². The molecule has 6 nitrogen and oxygen atoms in total. The van der Waals surface area contributed by atoms with Gasteiger partial charge < -0.3 is 20.1 Å². The molecule has 6 heteroatoms. The third-order valence-electron chi connectivity index (χ3n) is 5.67. The highest BCUT2D eigenvalue weighted by Crippen LogP contribution is 2.20. The summed E-state index contributed by atoms with van der Waals surface area (Å²) in [5.74, 6) is 1.51. The maximum absolute atomic E-state index is 5.78. The van der Waals surface area contributed by atoms with E-state index in [1.807, 2.05) is 0 Å². The van der Waals surface area contributed by atoms with E-state index >= 15 is 0 Å². The van der Waals surface area contributed by atoms with E-state index in [0.717, 1.165) is 71.4 Å². The molecule has 2 unspecified atom stereocenters. The minimum atomic E-state index is 0.530. The number of likely N-dealkylation sites (tertiary alicyclic amines) is 1. The number of guanidine groups is 1. The van der Waals surface area contributed by atoms with Gasteiger partial charge in [0, 0.05) is 44.8 Å². The summed E-state index contributed by atoms with van der Waals surface area (Å²) in [5, 5.41) is 6.82. The Kier molecular flexibility index (Phi) is 9.76. The Bertz CT molecular complexity index is 590. The smallest absolute Gasteiger partial charge is 0.191 e. The van der Waals surface area contributed by atoms with Crippen LogP contribution in [0.2, 0.25) is 0 Å². The average Bonchev–Trinajstić information content (AvgIpc) is 3.41. The van der Waals surface area contributed by atoms with E-state index in [1.54, 1.807) is 0 Å². The maximum atomic E-state index is 5.78. The van der Waals surface area contributed by atoms with Crippen molar-refractivity contribution in [2.45, 2.75) is 45.2 Å². The molecule has 29 heavy (non-hydrogen) atoms. The van der Waals surface area contributed by atoms with Crippen molar-refractivity contribution in [3.05, 3.63) is 35.9 Å². The Hall–Kier alpha value is -1.63. The number of aliphatic imine (C=N–C) groups is 1. The summed E-state index contributed by atoms with van der Waals surface area (Å²) in [6.45, 7) is 10.3. The van der Waals surface area contributed by atoms with Gasteiger partial charge in [0.1, 0.15) is 0 Å². The van der Waals surface area contributed by atoms with Crippen molar-refractivity contribution in [2.75, 3.05) is 52.6 Å². The first-order valence-corrected chi connectivity index (χ1v) is 11.3. The minimum absolute atomic E-state index is 0.530. The highest BCUT2D eigenvalue weighted by atomic mass is 16.5. The fourth-order valence-electron chi connectivity index (χ4n) is 4.01. The number of benzene rings is 1. The van der Waals surface area contributed by atoms with Crippen LogP contribution in [0.1, 0.15) is 38.2 Å². The third-order valence-corrected chi connectivity index (χ3v) is 5.67. The summed E-state index contributed by atoms with van der Waals surface area (Å²) in [6.07, 6.45) is 4.62. The molecule has 0 aromatic heterocycles. The molecule has 3 rings (SSSR count). The molecular weight excluding hydrogens is 364 g/mol. The molecule has 1 aromatic carbocycles. The molecular formula is C23H38N4O2. The van der Waals surface area contributed by atoms with Gasteiger partial charge in [-0.1, -0.05) is 30.3 Å². The average molecular weight is 403 g/mol. The summed E-state index contributed by atoms with van der Waals surface area (Å²) in [4.78, 5) is 7.44. The predicted molar refractivity (Wildman–Crippen MR) is 118 cm³/mol. The second kappa shape index (κ2) is 12.8. The molecule has 0 bridgehead atoms. The Balaban J connectivity index is 1.36. The van der Waals surface area contributed by atoms with Crippen molar-refractivity contribution in [3.8, 4) is 0 Å². The van der Waals surface area contributed by atoms with Crippen molar-refractivity contribution < 1.29 is 9.47 Å². The number of nitrogens with one attached hydrogen (secondary N) is 2. The van der Waals surface area contributed by atoms with Crippen LogP contribution in [0.5, 0.6) is 0 Å². The molecule has 0 amide bonds. The van der Waals surface area contributed by atoms with E-state index in [-0.39, 0.29) is 0 Å². The van der Waals surface area contributed by atoms with Crippen LogP contribution >= 0.6 is 0 Å². The Morgan fingerprint density at radius 1 is 1.24 bits per heavy atom. The lowest BCUT2D eigenvalue weighted by Gasteiger charge is -2.23. The van der Waals surface area contributed by atoms with Crippen LogP contribution in [-0.4, -0.2) is 69.5 Å². The van der Waals surface area contributed by atoms with Crippen molar-refractivity contribution in [1.82, 2.24) is 15.5 Å². The lowest BCUT2D eigenvalue weighted by Crippen LogP contribution is -2.39. The second-order valence-corrected chi connectivity index (χ2v) is 8.06. The molecule has 2 fully saturated rings. The van der Waals surface area contributed by atoms with Gasteiger partial charge in [-0.3, -0.25) is 9.89 Å². The van der Waals surface area contributed by atoms with E-state index in [9.17, 15) is 0 Å². The van der Waals surface area contributed by atoms with Crippen molar-refractivity contribution in [1.29, 1.82) is 0 Å². The summed E-state index contributed by atoms with van der Waals surface area (Å²) in [7, 11) is 0. The van der Waals surface area contributed by atoms with Gasteiger partial charge in [-0.15, -0.1) is 0 Å². The number of hydrogen-bond acceptors (Lipinski definition) is 4. The van der Waals surface area contributed by atoms with Crippen LogP contribution in [0.25, 0.3) is 0 Å². The quantitative estimate of drug-likeness (QED) is 0.339. The summed E-state index contributed by atoms with van der Waals surface area (Å²) in [6, 6.07) is 11.3. The zero-order chi connectivity index (χ0) is 20.2. The van der Waals surface area contributed by atoms with Gasteiger partial charge in [-0.05, 0) is 44.7 Å². The standard InChI is InChI=1S/C23H38N4O2/c1-2-24-23(25-12-7-14-28-18-21-11-15-29-19-21)26-16-22-10-6-13-27(22)17-20-8-4-3-5-9-20/h3-5,8-9,21-22H,2,6-7,10-19H2,1H3,(H2,24,25,26). The highest BCUT2D eigenvalue weighted by molar-refractivity contribution is 5.79. The summed E-state index contributed by atoms with van der Waals surface area (Å²) < 4.78 is 11.2. The van der Waals surface area contributed by atoms with Crippen LogP contribution in [0.15, 0.2) is 35.3 Å². The highest BCUT2D eigenvalue weighted by Gasteiger charge is 2.24. The fourth-order valence-corrected chi connectivity index (χ4v) is 4.01. The Morgan fingerprint density at radius 2 is 2.14 bits per heavy atom. The number of hydrogen-bond donors (Lipinski definition) is 2. The minimum Gasteiger partial charge on any atom is -0.381 e. The van der Waals surface area contributed by atoms with Crippen LogP contribution in [-0.2, 0) is 16.0 Å². The van der Waals surface area contributed by atoms with Crippen molar-refractivity contribution >= 4 is 5.96 Å². The molecule has 2 heterocycles. The largest absolute Gasteiger partial charge is 0.381 e. The molecule has 2 saturated heterocycles. The fraction of sp³-hybridized carbons (Fsp3) is 0.696. The van der Waals surface area contributed by atoms with Gasteiger partial charge >= 0.3 is 0 Å². The number of ether oxygens (including phenoxy) is 2. The van der Waals surface area contributed by atoms with Crippen LogP contribution in [0.3, 0.4) is 0 Å². The van der Waals surface area contributed by atoms with E-state index < -0.39 is 0 Å². The Labute approximate surface area is 176 Å². The summed E-state index contributed by atoms with van der Waals surface area (Å²) in [5.41, 5.74) is 1.39. The first kappa shape index (κ1) is 22.1. The molecule has 2 aliphatic heterocycles. The van der Waals surface area contributed by atoms with E-state index in [1.165, 1.54) is 24.9 Å². The molecule has 2 atom stereocenters. The van der Waals surface area contributed by atoms with Gasteiger partial charge in [0.05, 0.1) is 19.8 Å². The summed E-state index contributed by atoms with van der Waals surface area (Å²) >= 11 is 0. The monoisotopic (exact) mass is 402 g/mol. The first-order chi connectivity index (χ1) is 14.3. The van der Waals surface area contributed by atoms with Gasteiger partial charge in [0.25, 0.3) is 0 Å². The lowest BCUT2D eigenvalue weighted by atomic mass is 10.1. The van der Waals surface area contributed by atoms with Gasteiger partial charge in [0.2, 0.25) is 0 Å². The van der Waals surface area contributed by atoms with Crippen molar-refractivity contribution in [3.63, 3.8) is 0 Å². The lowest BCUT2D eigenvalue weighted by molar-refractivity contribution is 0.0888. The van der Waals surface area contributed by atoms with Gasteiger partial charge in [-0.25, -0.2) is 0 Å². The van der Waals surface area contributed by atoms with Crippen LogP contribution in [0, 0.1) is 5.92 Å². The maximum Gasteiger partial charge on any atom is 0.191 e. The third kappa shape index (κ3) is 7.96. The van der Waals surface area contributed by atoms with Gasteiger partial charge in [-0.2, -0.15) is 0 Å². The normalized spacial score (nSPS) is 22.9. The van der Waals surface area contributed by atoms with E-state index in [0.29, 0.717) is 12.0 Å². The zero-order valence-electron chi connectivity index (χ0n) is 17.9. The van der Waals surface area contributed by atoms with Crippen molar-refractivity contribution in [2.24, 2.45) is 10.9 Å². The van der Waals surface area contributed by atoms with Gasteiger partial charge in [0.15, 0.2) is 5.96 Å². The molecule has 162 valence electrons. The molecule has 0 saturated carbocycles. The predicted octanol–water partition coefficient (Wildman–Crippen LogP) is 2.65. The molecule has 2 aliphatic rings. The SMILES string of the molecule is CCNC(=NCC1CCCN1Cc1ccccc1)NCCCOCC1CCOC1. The topological polar surface area (TPSA) is 58.1 Å². The molecule has 1 aromatic rings. The second-order valence-electron chi connectivity index (χ2n) is 8.06. The molecule has 0 spiro atoms. The van der Waals surface area contributed by atoms with E-state index in [2.05, 4.69) is 52.8 Å². The molecule has 0 aliphatic carbocycles. The Morgan fingerprint density at radius 3 is 2.93 bits per heavy atom. The van der Waals surface area contributed by atoms with Crippen LogP contribution < -0.4 is 10.6 Å². The number of rotatable bonds is 11. The molecule has 0 radical (unpaired) electrons. The zero-order valence-corrected chi connectivity index (χ0v) is 17.9. The first-order valence-electron chi connectivity index (χ1n) is 11.3. The van der Waals surface area contributed by atoms with Crippen LogP contribution in [0.4, 0.5) is 0 Å². The number of nitrogens with zero attached hydrogens (tertiary/aromatic N) is 2. The molecule has 2 N–H and O–H groups in total.